The highest BCUT2D eigenvalue weighted by molar-refractivity contribution is 5.84. The minimum atomic E-state index is -0.437. The zero-order valence-corrected chi connectivity index (χ0v) is 18.5. The second-order valence-corrected chi connectivity index (χ2v) is 8.35. The molecule has 4 rings (SSSR count). The minimum Gasteiger partial charge on any atom is -0.490 e. The Kier molecular flexibility index (Phi) is 7.18. The van der Waals surface area contributed by atoms with Crippen LogP contribution in [-0.2, 0) is 14.3 Å². The van der Waals surface area contributed by atoms with Gasteiger partial charge in [0.1, 0.15) is 24.6 Å². The van der Waals surface area contributed by atoms with Crippen LogP contribution in [0.1, 0.15) is 37.7 Å². The topological polar surface area (TPSA) is 107 Å². The highest BCUT2D eigenvalue weighted by atomic mass is 16.5. The molecule has 3 aliphatic rings. The Morgan fingerprint density at radius 1 is 1.25 bits per heavy atom. The highest BCUT2D eigenvalue weighted by Crippen LogP contribution is 2.46. The second kappa shape index (κ2) is 10.2. The first-order valence-electron chi connectivity index (χ1n) is 11.4. The van der Waals surface area contributed by atoms with E-state index >= 15 is 0 Å². The lowest BCUT2D eigenvalue weighted by Gasteiger charge is -2.40. The van der Waals surface area contributed by atoms with Gasteiger partial charge in [0, 0.05) is 32.0 Å². The summed E-state index contributed by atoms with van der Waals surface area (Å²) < 4.78 is 23.1. The van der Waals surface area contributed by atoms with Gasteiger partial charge in [-0.3, -0.25) is 9.69 Å². The summed E-state index contributed by atoms with van der Waals surface area (Å²) in [6.07, 6.45) is 1.74. The third-order valence-electron chi connectivity index (χ3n) is 6.41. The van der Waals surface area contributed by atoms with Crippen molar-refractivity contribution in [3.8, 4) is 17.6 Å². The summed E-state index contributed by atoms with van der Waals surface area (Å²) in [6.45, 7) is 7.06. The zero-order valence-electron chi connectivity index (χ0n) is 18.5. The molecule has 0 bridgehead atoms. The molecule has 1 saturated carbocycles. The third-order valence-corrected chi connectivity index (χ3v) is 6.41. The number of hydrogen-bond donors (Lipinski definition) is 1. The number of Topliss-reactive ketones (excluding diaryl/α,β-unsaturated/α-hetero) is 1. The van der Waals surface area contributed by atoms with Crippen LogP contribution in [0.5, 0.6) is 11.5 Å². The fourth-order valence-electron chi connectivity index (χ4n) is 4.84. The van der Waals surface area contributed by atoms with Crippen molar-refractivity contribution in [3.63, 3.8) is 0 Å². The monoisotopic (exact) mass is 441 g/mol. The lowest BCUT2D eigenvalue weighted by atomic mass is 9.70. The summed E-state index contributed by atoms with van der Waals surface area (Å²) in [5.74, 6) is 0.654. The molecule has 2 N–H and O–H groups in total. The predicted molar refractivity (Wildman–Crippen MR) is 117 cm³/mol. The fraction of sp³-hybridized carbons (Fsp3) is 0.583. The van der Waals surface area contributed by atoms with Gasteiger partial charge in [-0.2, -0.15) is 5.26 Å². The number of allylic oxidation sites excluding steroid dienone is 1. The first-order valence-corrected chi connectivity index (χ1v) is 11.4. The summed E-state index contributed by atoms with van der Waals surface area (Å²) in [4.78, 5) is 15.1. The van der Waals surface area contributed by atoms with E-state index in [1.807, 2.05) is 25.1 Å². The molecule has 0 aromatic heterocycles. The lowest BCUT2D eigenvalue weighted by Crippen LogP contribution is -2.43. The molecule has 2 aliphatic heterocycles. The SMILES string of the molecule is CCOc1cc([C@@H]2C(C#N)=C(N)O[C@H]3CCCC(=O)[C@@H]32)ccc1OCCN1CCOCC1. The Morgan fingerprint density at radius 3 is 2.81 bits per heavy atom. The van der Waals surface area contributed by atoms with Crippen LogP contribution < -0.4 is 15.2 Å². The summed E-state index contributed by atoms with van der Waals surface area (Å²) in [6, 6.07) is 7.84. The maximum absolute atomic E-state index is 12.8. The van der Waals surface area contributed by atoms with Crippen LogP contribution in [-0.4, -0.2) is 62.8 Å². The Morgan fingerprint density at radius 2 is 2.06 bits per heavy atom. The third kappa shape index (κ3) is 4.69. The molecule has 1 aromatic rings. The van der Waals surface area contributed by atoms with Crippen molar-refractivity contribution in [2.24, 2.45) is 11.7 Å². The van der Waals surface area contributed by atoms with Crippen LogP contribution in [0.2, 0.25) is 0 Å². The van der Waals surface area contributed by atoms with Gasteiger partial charge in [0.2, 0.25) is 0 Å². The number of hydrogen-bond acceptors (Lipinski definition) is 8. The van der Waals surface area contributed by atoms with Crippen molar-refractivity contribution in [3.05, 3.63) is 35.2 Å². The zero-order chi connectivity index (χ0) is 22.5. The number of nitriles is 1. The Balaban J connectivity index is 1.57. The maximum Gasteiger partial charge on any atom is 0.199 e. The van der Waals surface area contributed by atoms with Crippen molar-refractivity contribution in [2.75, 3.05) is 46.1 Å². The number of nitrogens with two attached hydrogens (primary N) is 1. The maximum atomic E-state index is 12.8. The van der Waals surface area contributed by atoms with E-state index in [2.05, 4.69) is 11.0 Å². The van der Waals surface area contributed by atoms with Gasteiger partial charge in [0.15, 0.2) is 17.4 Å². The molecule has 2 heterocycles. The average molecular weight is 442 g/mol. The lowest BCUT2D eigenvalue weighted by molar-refractivity contribution is -0.132. The van der Waals surface area contributed by atoms with E-state index < -0.39 is 11.8 Å². The van der Waals surface area contributed by atoms with Crippen LogP contribution in [0.25, 0.3) is 0 Å². The molecule has 1 aromatic carbocycles. The van der Waals surface area contributed by atoms with E-state index in [0.29, 0.717) is 36.7 Å². The predicted octanol–water partition coefficient (Wildman–Crippen LogP) is 2.34. The normalized spacial score (nSPS) is 26.1. The molecule has 8 heteroatoms. The van der Waals surface area contributed by atoms with Gasteiger partial charge in [-0.05, 0) is 37.5 Å². The van der Waals surface area contributed by atoms with Gasteiger partial charge in [-0.1, -0.05) is 6.07 Å². The number of rotatable bonds is 7. The van der Waals surface area contributed by atoms with Crippen molar-refractivity contribution in [1.82, 2.24) is 4.90 Å². The molecule has 1 aliphatic carbocycles. The quantitative estimate of drug-likeness (QED) is 0.687. The van der Waals surface area contributed by atoms with E-state index in [1.54, 1.807) is 0 Å². The molecular formula is C24H31N3O5. The van der Waals surface area contributed by atoms with E-state index in [0.717, 1.165) is 51.3 Å². The van der Waals surface area contributed by atoms with E-state index in [1.165, 1.54) is 0 Å². The Hall–Kier alpha value is -2.76. The second-order valence-electron chi connectivity index (χ2n) is 8.35. The van der Waals surface area contributed by atoms with Gasteiger partial charge in [0.05, 0.1) is 31.3 Å². The molecule has 0 spiro atoms. The molecule has 172 valence electrons. The van der Waals surface area contributed by atoms with E-state index in [4.69, 9.17) is 24.7 Å². The molecular weight excluding hydrogens is 410 g/mol. The summed E-state index contributed by atoms with van der Waals surface area (Å²) >= 11 is 0. The van der Waals surface area contributed by atoms with Crippen LogP contribution in [0.3, 0.4) is 0 Å². The van der Waals surface area contributed by atoms with Gasteiger partial charge in [-0.25, -0.2) is 0 Å². The van der Waals surface area contributed by atoms with Crippen molar-refractivity contribution >= 4 is 5.78 Å². The van der Waals surface area contributed by atoms with Crippen molar-refractivity contribution in [1.29, 1.82) is 5.26 Å². The van der Waals surface area contributed by atoms with Gasteiger partial charge in [0.25, 0.3) is 0 Å². The first-order chi connectivity index (χ1) is 15.6. The van der Waals surface area contributed by atoms with Crippen LogP contribution in [0.4, 0.5) is 0 Å². The summed E-state index contributed by atoms with van der Waals surface area (Å²) in [5.41, 5.74) is 7.22. The number of ether oxygens (including phenoxy) is 4. The van der Waals surface area contributed by atoms with Gasteiger partial charge >= 0.3 is 0 Å². The van der Waals surface area contributed by atoms with Gasteiger partial charge in [-0.15, -0.1) is 0 Å². The van der Waals surface area contributed by atoms with E-state index in [-0.39, 0.29) is 17.8 Å². The number of benzene rings is 1. The molecule has 0 unspecified atom stereocenters. The molecule has 8 nitrogen and oxygen atoms in total. The van der Waals surface area contributed by atoms with Crippen molar-refractivity contribution < 1.29 is 23.7 Å². The number of carbonyl (C=O) groups excluding carboxylic acids is 1. The Labute approximate surface area is 188 Å². The molecule has 0 radical (unpaired) electrons. The van der Waals surface area contributed by atoms with Crippen LogP contribution >= 0.6 is 0 Å². The number of carbonyl (C=O) groups is 1. The van der Waals surface area contributed by atoms with Crippen LogP contribution in [0.15, 0.2) is 29.7 Å². The highest BCUT2D eigenvalue weighted by Gasteiger charge is 2.46. The number of nitrogens with zero attached hydrogens (tertiary/aromatic N) is 2. The standard InChI is InChI=1S/C24H31N3O5/c1-2-30-21-14-16(6-7-19(21)31-13-10-27-8-11-29-12-9-27)22-17(15-25)24(26)32-20-5-3-4-18(28)23(20)22/h6-7,14,20,22-23H,2-5,8-13,26H2,1H3/t20-,22+,23-/m0/s1. The molecule has 3 atom stereocenters. The van der Waals surface area contributed by atoms with Crippen LogP contribution in [0, 0.1) is 17.2 Å². The summed E-state index contributed by atoms with van der Waals surface area (Å²) in [7, 11) is 0. The summed E-state index contributed by atoms with van der Waals surface area (Å²) in [5, 5.41) is 9.79. The number of morpholine rings is 1. The average Bonchev–Trinajstić information content (AvgIpc) is 2.80. The fourth-order valence-corrected chi connectivity index (χ4v) is 4.84. The largest absolute Gasteiger partial charge is 0.490 e. The van der Waals surface area contributed by atoms with Gasteiger partial charge < -0.3 is 24.7 Å². The Bertz CT molecular complexity index is 903. The molecule has 2 fully saturated rings. The number of ketones is 1. The molecule has 0 amide bonds. The minimum absolute atomic E-state index is 0.121. The smallest absolute Gasteiger partial charge is 0.199 e. The number of fused-ring (bicyclic) bond motifs is 1. The van der Waals surface area contributed by atoms with E-state index in [9.17, 15) is 10.1 Å². The molecule has 32 heavy (non-hydrogen) atoms. The molecule has 1 saturated heterocycles. The van der Waals surface area contributed by atoms with Crippen molar-refractivity contribution in [2.45, 2.75) is 38.2 Å². The first kappa shape index (κ1) is 22.4.